The highest BCUT2D eigenvalue weighted by molar-refractivity contribution is 6.34. The van der Waals surface area contributed by atoms with Crippen LogP contribution in [0.5, 0.6) is 0 Å². The summed E-state index contributed by atoms with van der Waals surface area (Å²) in [6.07, 6.45) is 4.39. The van der Waals surface area contributed by atoms with Gasteiger partial charge in [0.25, 0.3) is 5.91 Å². The van der Waals surface area contributed by atoms with Crippen molar-refractivity contribution in [2.75, 3.05) is 24.7 Å². The number of aliphatic hydroxyl groups excluding tert-OH is 1. The zero-order valence-corrected chi connectivity index (χ0v) is 21.4. The molecule has 0 saturated carbocycles. The number of carbonyl (C=O) groups excluding carboxylic acids is 3. The van der Waals surface area contributed by atoms with Crippen molar-refractivity contribution in [2.24, 2.45) is 11.8 Å². The van der Waals surface area contributed by atoms with E-state index in [0.29, 0.717) is 30.0 Å². The van der Waals surface area contributed by atoms with Crippen LogP contribution in [0.3, 0.4) is 0 Å². The van der Waals surface area contributed by atoms with Crippen LogP contribution in [-0.2, 0) is 23.9 Å². The summed E-state index contributed by atoms with van der Waals surface area (Å²) in [5.41, 5.74) is -1.70. The number of hydrogen-bond donors (Lipinski definition) is 1. The molecular weight excluding hydrogens is 484 g/mol. The average Bonchev–Trinajstić information content (AvgIpc) is 3.43. The number of ether oxygens (including phenoxy) is 2. The minimum absolute atomic E-state index is 0.0131. The second-order valence-corrected chi connectivity index (χ2v) is 10.2. The first-order chi connectivity index (χ1) is 17.2. The highest BCUT2D eigenvalue weighted by atomic mass is 35.5. The number of anilines is 1. The van der Waals surface area contributed by atoms with Crippen LogP contribution in [0.2, 0.25) is 5.02 Å². The van der Waals surface area contributed by atoms with Gasteiger partial charge in [-0.15, -0.1) is 6.58 Å². The van der Waals surface area contributed by atoms with Crippen molar-refractivity contribution in [1.29, 1.82) is 0 Å². The summed E-state index contributed by atoms with van der Waals surface area (Å²) in [6.45, 7) is 10.9. The molecule has 0 aromatic heterocycles. The maximum absolute atomic E-state index is 14.4. The van der Waals surface area contributed by atoms with Crippen LogP contribution in [0, 0.1) is 11.8 Å². The quantitative estimate of drug-likeness (QED) is 0.379. The Morgan fingerprint density at radius 1 is 1.33 bits per heavy atom. The molecule has 6 atom stereocenters. The van der Waals surface area contributed by atoms with Crippen molar-refractivity contribution in [3.8, 4) is 0 Å². The van der Waals surface area contributed by atoms with Crippen molar-refractivity contribution < 1.29 is 29.0 Å². The fourth-order valence-corrected chi connectivity index (χ4v) is 6.53. The molecule has 3 aliphatic rings. The van der Waals surface area contributed by atoms with Crippen LogP contribution < -0.4 is 4.90 Å². The first-order valence-electron chi connectivity index (χ1n) is 12.3. The molecule has 0 aliphatic carbocycles. The summed E-state index contributed by atoms with van der Waals surface area (Å²) in [6, 6.07) is 5.28. The van der Waals surface area contributed by atoms with E-state index in [4.69, 9.17) is 21.1 Å². The highest BCUT2D eigenvalue weighted by Crippen LogP contribution is 2.63. The maximum Gasteiger partial charge on any atom is 0.313 e. The number of para-hydroxylation sites is 1. The van der Waals surface area contributed by atoms with E-state index in [1.54, 1.807) is 37.3 Å². The molecule has 3 saturated heterocycles. The van der Waals surface area contributed by atoms with Gasteiger partial charge in [-0.25, -0.2) is 0 Å². The molecule has 2 amide bonds. The fraction of sp³-hybridized carbons (Fsp3) is 0.519. The SMILES string of the molecule is C=CCOC(=O)[C@H]1[C@H]2C(=O)N([C@@H](CC)CO)C(C(=O)N(CC=C)c3ccccc3Cl)C23CC[C@]1(C)O3. The summed E-state index contributed by atoms with van der Waals surface area (Å²) in [4.78, 5) is 44.6. The molecule has 1 aromatic carbocycles. The second-order valence-electron chi connectivity index (χ2n) is 9.83. The van der Waals surface area contributed by atoms with E-state index in [2.05, 4.69) is 13.2 Å². The van der Waals surface area contributed by atoms with Gasteiger partial charge in [0.1, 0.15) is 24.2 Å². The Kier molecular flexibility index (Phi) is 7.33. The predicted octanol–water partition coefficient (Wildman–Crippen LogP) is 3.12. The Balaban J connectivity index is 1.84. The summed E-state index contributed by atoms with van der Waals surface area (Å²) in [5, 5.41) is 10.6. The standard InChI is InChI=1S/C27H33ClN2O6/c1-5-14-29(19-11-9-8-10-18(19)28)24(33)22-27-13-12-26(4,36-27)21(25(34)35-15-6-2)20(27)23(32)30(22)17(7-3)16-31/h5-6,8-11,17,20-22,31H,1-2,7,12-16H2,3-4H3/t17-,20-,21+,22?,26-,27?/m0/s1. The number of hydrogen-bond acceptors (Lipinski definition) is 6. The summed E-state index contributed by atoms with van der Waals surface area (Å²) >= 11 is 6.46. The minimum atomic E-state index is -1.23. The maximum atomic E-state index is 14.4. The number of esters is 1. The third-order valence-electron chi connectivity index (χ3n) is 7.84. The van der Waals surface area contributed by atoms with E-state index in [-0.39, 0.29) is 25.7 Å². The predicted molar refractivity (Wildman–Crippen MR) is 135 cm³/mol. The Hall–Kier alpha value is -2.68. The molecule has 1 N–H and O–H groups in total. The molecular formula is C27H33ClN2O6. The third kappa shape index (κ3) is 3.86. The number of halogens is 1. The van der Waals surface area contributed by atoms with Gasteiger partial charge in [0.2, 0.25) is 5.91 Å². The molecule has 4 rings (SSSR count). The number of rotatable bonds is 10. The molecule has 9 heteroatoms. The summed E-state index contributed by atoms with van der Waals surface area (Å²) in [5.74, 6) is -3.09. The van der Waals surface area contributed by atoms with Gasteiger partial charge in [-0.3, -0.25) is 14.4 Å². The van der Waals surface area contributed by atoms with Crippen molar-refractivity contribution in [2.45, 2.75) is 56.4 Å². The Labute approximate surface area is 216 Å². The van der Waals surface area contributed by atoms with Gasteiger partial charge >= 0.3 is 5.97 Å². The minimum Gasteiger partial charge on any atom is -0.461 e. The number of fused-ring (bicyclic) bond motifs is 1. The molecule has 194 valence electrons. The lowest BCUT2D eigenvalue weighted by molar-refractivity contribution is -0.159. The Morgan fingerprint density at radius 2 is 2.06 bits per heavy atom. The van der Waals surface area contributed by atoms with Crippen molar-refractivity contribution in [3.05, 3.63) is 54.6 Å². The fourth-order valence-electron chi connectivity index (χ4n) is 6.29. The Bertz CT molecular complexity index is 1070. The largest absolute Gasteiger partial charge is 0.461 e. The molecule has 3 heterocycles. The van der Waals surface area contributed by atoms with E-state index >= 15 is 0 Å². The smallest absolute Gasteiger partial charge is 0.313 e. The normalized spacial score (nSPS) is 31.2. The van der Waals surface area contributed by atoms with E-state index in [1.807, 2.05) is 6.92 Å². The number of aliphatic hydroxyl groups is 1. The third-order valence-corrected chi connectivity index (χ3v) is 8.16. The van der Waals surface area contributed by atoms with Crippen LogP contribution in [0.1, 0.15) is 33.1 Å². The number of carbonyl (C=O) groups is 3. The molecule has 2 bridgehead atoms. The monoisotopic (exact) mass is 516 g/mol. The number of nitrogens with zero attached hydrogens (tertiary/aromatic N) is 2. The van der Waals surface area contributed by atoms with Crippen LogP contribution in [0.15, 0.2) is 49.6 Å². The Morgan fingerprint density at radius 3 is 2.67 bits per heavy atom. The summed E-state index contributed by atoms with van der Waals surface area (Å²) in [7, 11) is 0. The topological polar surface area (TPSA) is 96.4 Å². The lowest BCUT2D eigenvalue weighted by Crippen LogP contribution is -2.59. The van der Waals surface area contributed by atoms with Gasteiger partial charge in [0.05, 0.1) is 34.9 Å². The van der Waals surface area contributed by atoms with E-state index < -0.39 is 47.0 Å². The van der Waals surface area contributed by atoms with Gasteiger partial charge in [-0.05, 0) is 38.3 Å². The van der Waals surface area contributed by atoms with E-state index in [9.17, 15) is 19.5 Å². The van der Waals surface area contributed by atoms with Gasteiger partial charge in [0, 0.05) is 6.54 Å². The van der Waals surface area contributed by atoms with Crippen LogP contribution in [0.4, 0.5) is 5.69 Å². The van der Waals surface area contributed by atoms with Gasteiger partial charge in [-0.2, -0.15) is 0 Å². The molecule has 3 aliphatic heterocycles. The van der Waals surface area contributed by atoms with Crippen LogP contribution in [0.25, 0.3) is 0 Å². The summed E-state index contributed by atoms with van der Waals surface area (Å²) < 4.78 is 12.0. The van der Waals surface area contributed by atoms with E-state index in [1.165, 1.54) is 15.9 Å². The molecule has 1 spiro atoms. The zero-order valence-electron chi connectivity index (χ0n) is 20.7. The molecule has 2 unspecified atom stereocenters. The lowest BCUT2D eigenvalue weighted by atomic mass is 9.66. The van der Waals surface area contributed by atoms with Crippen LogP contribution >= 0.6 is 11.6 Å². The second kappa shape index (κ2) is 10.00. The first kappa shape index (κ1) is 26.4. The molecule has 1 aromatic rings. The van der Waals surface area contributed by atoms with Crippen molar-refractivity contribution >= 4 is 35.1 Å². The first-order valence-corrected chi connectivity index (χ1v) is 12.7. The number of likely N-dealkylation sites (tertiary alicyclic amines) is 1. The molecule has 0 radical (unpaired) electrons. The highest BCUT2D eigenvalue weighted by Gasteiger charge is 2.79. The zero-order chi connectivity index (χ0) is 26.3. The van der Waals surface area contributed by atoms with Gasteiger partial charge < -0.3 is 24.4 Å². The molecule has 36 heavy (non-hydrogen) atoms. The molecule has 8 nitrogen and oxygen atoms in total. The van der Waals surface area contributed by atoms with Gasteiger partial charge in [0.15, 0.2) is 0 Å². The van der Waals surface area contributed by atoms with E-state index in [0.717, 1.165) is 0 Å². The number of benzene rings is 1. The molecule has 3 fully saturated rings. The van der Waals surface area contributed by atoms with Gasteiger partial charge in [-0.1, -0.05) is 49.4 Å². The van der Waals surface area contributed by atoms with Crippen molar-refractivity contribution in [3.63, 3.8) is 0 Å². The van der Waals surface area contributed by atoms with Crippen LogP contribution in [-0.4, -0.2) is 70.8 Å². The lowest BCUT2D eigenvalue weighted by Gasteiger charge is -2.39. The average molecular weight is 517 g/mol. The van der Waals surface area contributed by atoms with Crippen molar-refractivity contribution in [1.82, 2.24) is 4.90 Å². The number of amides is 2.